The molecule has 0 bridgehead atoms. The highest BCUT2D eigenvalue weighted by atomic mass is 35.5. The normalized spacial score (nSPS) is 19.9. The van der Waals surface area contributed by atoms with E-state index >= 15 is 0 Å². The van der Waals surface area contributed by atoms with Crippen LogP contribution in [0.5, 0.6) is 0 Å². The summed E-state index contributed by atoms with van der Waals surface area (Å²) in [5.41, 5.74) is 0.483. The molecule has 0 radical (unpaired) electrons. The highest BCUT2D eigenvalue weighted by molar-refractivity contribution is 6.36. The number of esters is 1. The third-order valence-corrected chi connectivity index (χ3v) is 5.54. The molecular formula is C21H27ClN4O5. The van der Waals surface area contributed by atoms with Crippen LogP contribution in [0.4, 0.5) is 16.2 Å². The lowest BCUT2D eigenvalue weighted by Crippen LogP contribution is -2.64. The van der Waals surface area contributed by atoms with Crippen LogP contribution in [0.1, 0.15) is 26.3 Å². The number of amides is 1. The Balaban J connectivity index is 1.86. The first kappa shape index (κ1) is 23.1. The fraction of sp³-hybridized carbons (Fsp3) is 0.571. The molecule has 2 aliphatic rings. The average Bonchev–Trinajstić information content (AvgIpc) is 2.66. The Morgan fingerprint density at radius 1 is 1.29 bits per heavy atom. The van der Waals surface area contributed by atoms with Gasteiger partial charge in [-0.2, -0.15) is 5.26 Å². The van der Waals surface area contributed by atoms with Gasteiger partial charge in [-0.05, 0) is 32.9 Å². The number of nitrogens with zero attached hydrogens (tertiary/aromatic N) is 3. The maximum absolute atomic E-state index is 12.5. The second-order valence-corrected chi connectivity index (χ2v) is 8.89. The molecule has 1 aromatic rings. The topological polar surface area (TPSA) is 104 Å². The van der Waals surface area contributed by atoms with Gasteiger partial charge in [0.2, 0.25) is 0 Å². The third kappa shape index (κ3) is 5.39. The van der Waals surface area contributed by atoms with Crippen molar-refractivity contribution in [3.8, 4) is 6.07 Å². The average molecular weight is 451 g/mol. The van der Waals surface area contributed by atoms with Crippen molar-refractivity contribution in [1.29, 1.82) is 5.26 Å². The first-order valence-electron chi connectivity index (χ1n) is 10.0. The summed E-state index contributed by atoms with van der Waals surface area (Å²) in [5.74, 6) is -0.337. The Morgan fingerprint density at radius 3 is 2.55 bits per heavy atom. The fourth-order valence-corrected chi connectivity index (χ4v) is 3.90. The molecule has 0 saturated carbocycles. The number of carbonyl (C=O) groups excluding carboxylic acids is 2. The number of hydrogen-bond donors (Lipinski definition) is 1. The number of methoxy groups -OCH3 is 1. The van der Waals surface area contributed by atoms with E-state index in [9.17, 15) is 14.9 Å². The molecule has 1 atom stereocenters. The molecule has 10 heteroatoms. The Hall–Kier alpha value is -2.54. The van der Waals surface area contributed by atoms with Crippen molar-refractivity contribution in [2.75, 3.05) is 50.2 Å². The number of nitrogens with one attached hydrogen (secondary N) is 1. The van der Waals surface area contributed by atoms with Crippen LogP contribution in [-0.2, 0) is 19.0 Å². The van der Waals surface area contributed by atoms with Gasteiger partial charge in [0, 0.05) is 19.6 Å². The Labute approximate surface area is 186 Å². The van der Waals surface area contributed by atoms with Crippen LogP contribution in [0.15, 0.2) is 12.1 Å². The zero-order valence-electron chi connectivity index (χ0n) is 18.1. The van der Waals surface area contributed by atoms with E-state index in [-0.39, 0.29) is 22.7 Å². The molecule has 2 heterocycles. The second-order valence-electron chi connectivity index (χ2n) is 8.51. The van der Waals surface area contributed by atoms with E-state index in [0.29, 0.717) is 44.1 Å². The Morgan fingerprint density at radius 2 is 2.00 bits per heavy atom. The van der Waals surface area contributed by atoms with E-state index in [2.05, 4.69) is 16.3 Å². The highest BCUT2D eigenvalue weighted by Gasteiger charge is 2.40. The first-order chi connectivity index (χ1) is 14.6. The molecule has 1 amide bonds. The summed E-state index contributed by atoms with van der Waals surface area (Å²) in [7, 11) is 1.36. The molecule has 31 heavy (non-hydrogen) atoms. The highest BCUT2D eigenvalue weighted by Crippen LogP contribution is 2.36. The number of carbonyl (C=O) groups is 2. The number of benzene rings is 1. The van der Waals surface area contributed by atoms with E-state index in [1.807, 2.05) is 4.90 Å². The molecule has 2 fully saturated rings. The summed E-state index contributed by atoms with van der Waals surface area (Å²) in [6, 6.07) is 4.93. The predicted molar refractivity (Wildman–Crippen MR) is 115 cm³/mol. The van der Waals surface area contributed by atoms with E-state index < -0.39 is 17.7 Å². The summed E-state index contributed by atoms with van der Waals surface area (Å²) in [6.45, 7) is 7.97. The van der Waals surface area contributed by atoms with Gasteiger partial charge in [0.25, 0.3) is 0 Å². The summed E-state index contributed by atoms with van der Waals surface area (Å²) >= 11 is 6.61. The molecule has 2 saturated heterocycles. The summed E-state index contributed by atoms with van der Waals surface area (Å²) in [5, 5.41) is 12.4. The van der Waals surface area contributed by atoms with Crippen LogP contribution in [0, 0.1) is 11.3 Å². The van der Waals surface area contributed by atoms with Crippen LogP contribution in [0.3, 0.4) is 0 Å². The number of halogens is 1. The lowest BCUT2D eigenvalue weighted by Gasteiger charge is -2.47. The van der Waals surface area contributed by atoms with Crippen LogP contribution < -0.4 is 10.2 Å². The Kier molecular flexibility index (Phi) is 6.94. The molecule has 1 aromatic carbocycles. The molecular weight excluding hydrogens is 424 g/mol. The molecule has 3 rings (SSSR count). The van der Waals surface area contributed by atoms with Crippen LogP contribution in [-0.4, -0.2) is 74.6 Å². The van der Waals surface area contributed by atoms with Crippen molar-refractivity contribution in [2.24, 2.45) is 0 Å². The summed E-state index contributed by atoms with van der Waals surface area (Å²) in [6.07, 6.45) is -0.669. The SMILES string of the molecule is COC(=O)C1CN(c2cc(C#N)cc(NC(=O)OC(C)(C)C)c2Cl)CCN1C1COC1. The van der Waals surface area contributed by atoms with Gasteiger partial charge in [-0.15, -0.1) is 0 Å². The lowest BCUT2D eigenvalue weighted by molar-refractivity contribution is -0.154. The monoisotopic (exact) mass is 450 g/mol. The van der Waals surface area contributed by atoms with Gasteiger partial charge in [-0.1, -0.05) is 11.6 Å². The molecule has 2 aliphatic heterocycles. The maximum atomic E-state index is 12.5. The molecule has 0 aromatic heterocycles. The number of rotatable bonds is 4. The quantitative estimate of drug-likeness (QED) is 0.698. The van der Waals surface area contributed by atoms with Gasteiger partial charge in [-0.3, -0.25) is 15.0 Å². The van der Waals surface area contributed by atoms with Gasteiger partial charge in [0.1, 0.15) is 11.6 Å². The number of ether oxygens (including phenoxy) is 3. The van der Waals surface area contributed by atoms with E-state index in [0.717, 1.165) is 0 Å². The van der Waals surface area contributed by atoms with Crippen LogP contribution in [0.2, 0.25) is 5.02 Å². The van der Waals surface area contributed by atoms with Crippen LogP contribution in [0.25, 0.3) is 0 Å². The fourth-order valence-electron chi connectivity index (χ4n) is 3.62. The number of piperazine rings is 1. The van der Waals surface area contributed by atoms with Gasteiger partial charge in [-0.25, -0.2) is 4.79 Å². The summed E-state index contributed by atoms with van der Waals surface area (Å²) < 4.78 is 15.6. The molecule has 1 N–H and O–H groups in total. The lowest BCUT2D eigenvalue weighted by atomic mass is 10.1. The standard InChI is InChI=1S/C21H27ClN4O5/c1-21(2,3)31-20(28)24-15-7-13(9-23)8-16(18(15)22)25-5-6-26(14-11-30-12-14)17(10-25)19(27)29-4/h7-8,14,17H,5-6,10-12H2,1-4H3,(H,24,28). The van der Waals surface area contributed by atoms with Gasteiger partial charge in [0.05, 0.1) is 54.4 Å². The van der Waals surface area contributed by atoms with E-state index in [4.69, 9.17) is 25.8 Å². The molecule has 0 aliphatic carbocycles. The minimum Gasteiger partial charge on any atom is -0.468 e. The van der Waals surface area contributed by atoms with Gasteiger partial charge in [0.15, 0.2) is 0 Å². The smallest absolute Gasteiger partial charge is 0.412 e. The predicted octanol–water partition coefficient (Wildman–Crippen LogP) is 2.62. The largest absolute Gasteiger partial charge is 0.468 e. The second kappa shape index (κ2) is 9.30. The molecule has 9 nitrogen and oxygen atoms in total. The maximum Gasteiger partial charge on any atom is 0.412 e. The molecule has 168 valence electrons. The van der Waals surface area contributed by atoms with Crippen molar-refractivity contribution < 1.29 is 23.8 Å². The minimum atomic E-state index is -0.679. The van der Waals surface area contributed by atoms with Crippen LogP contribution >= 0.6 is 11.6 Å². The molecule has 0 spiro atoms. The van der Waals surface area contributed by atoms with Crippen molar-refractivity contribution in [1.82, 2.24) is 4.90 Å². The van der Waals surface area contributed by atoms with Gasteiger partial charge >= 0.3 is 12.1 Å². The van der Waals surface area contributed by atoms with Crippen molar-refractivity contribution in [2.45, 2.75) is 38.5 Å². The number of anilines is 2. The first-order valence-corrected chi connectivity index (χ1v) is 10.4. The zero-order chi connectivity index (χ0) is 22.8. The van der Waals surface area contributed by atoms with Gasteiger partial charge < -0.3 is 19.1 Å². The number of nitriles is 1. The van der Waals surface area contributed by atoms with Crippen molar-refractivity contribution in [3.63, 3.8) is 0 Å². The third-order valence-electron chi connectivity index (χ3n) is 5.14. The summed E-state index contributed by atoms with van der Waals surface area (Å²) in [4.78, 5) is 28.7. The van der Waals surface area contributed by atoms with E-state index in [1.165, 1.54) is 13.2 Å². The minimum absolute atomic E-state index is 0.177. The van der Waals surface area contributed by atoms with Crippen molar-refractivity contribution >= 4 is 35.0 Å². The Bertz CT molecular complexity index is 891. The van der Waals surface area contributed by atoms with E-state index in [1.54, 1.807) is 26.8 Å². The van der Waals surface area contributed by atoms with Crippen molar-refractivity contribution in [3.05, 3.63) is 22.7 Å². The zero-order valence-corrected chi connectivity index (χ0v) is 18.9. The number of hydrogen-bond acceptors (Lipinski definition) is 8. The molecule has 1 unspecified atom stereocenters.